The van der Waals surface area contributed by atoms with Crippen molar-refractivity contribution >= 4 is 14.4 Å². The Labute approximate surface area is 368 Å². The summed E-state index contributed by atoms with van der Waals surface area (Å²) in [4.78, 5) is 0. The van der Waals surface area contributed by atoms with Crippen LogP contribution in [-0.2, 0) is 37.6 Å². The summed E-state index contributed by atoms with van der Waals surface area (Å²) in [5, 5.41) is 0. The predicted molar refractivity (Wildman–Crippen MR) is 171 cm³/mol. The smallest absolute Gasteiger partial charge is 0.565 e. The molecule has 0 unspecified atom stereocenters. The van der Waals surface area contributed by atoms with Gasteiger partial charge in [-0.25, -0.2) is 0 Å². The first-order valence-electron chi connectivity index (χ1n) is 16.9. The van der Waals surface area contributed by atoms with Crippen molar-refractivity contribution in [1.82, 2.24) is 0 Å². The molecule has 4 aromatic carbocycles. The Kier molecular flexibility index (Phi) is 15.6. The normalized spacial score (nSPS) is 14.8. The quantitative estimate of drug-likeness (QED) is 0.105. The summed E-state index contributed by atoms with van der Waals surface area (Å²) in [7, 11) is 0. The van der Waals surface area contributed by atoms with Crippen molar-refractivity contribution in [2.75, 3.05) is 0 Å². The molecule has 66 heavy (non-hydrogen) atoms. The Bertz CT molecular complexity index is 1810. The van der Waals surface area contributed by atoms with Gasteiger partial charge in [-0.3, -0.25) is 0 Å². The van der Waals surface area contributed by atoms with Gasteiger partial charge < -0.3 is 15.2 Å². The fraction of sp³-hybridized carbons (Fsp3) is 0.333. The molecule has 0 amide bonds. The second-order valence-corrected chi connectivity index (χ2v) is 15.3. The molecule has 0 aliphatic carbocycles. The van der Waals surface area contributed by atoms with E-state index in [9.17, 15) is 0 Å². The first-order valence-corrected chi connectivity index (χ1v) is 18.8. The third-order valence-electron chi connectivity index (χ3n) is 9.20. The molecule has 360 valence electrons. The van der Waals surface area contributed by atoms with Gasteiger partial charge in [0.2, 0.25) is 22.4 Å². The zero-order valence-electron chi connectivity index (χ0n) is 31.8. The van der Waals surface area contributed by atoms with Crippen LogP contribution < -0.4 is 18.9 Å². The molecule has 0 fully saturated rings. The van der Waals surface area contributed by atoms with Gasteiger partial charge in [-0.2, -0.15) is 105 Å². The van der Waals surface area contributed by atoms with E-state index in [0.717, 1.165) is 0 Å². The molecule has 0 saturated carbocycles. The molecule has 0 heterocycles. The van der Waals surface area contributed by atoms with E-state index in [1.807, 2.05) is 0 Å². The Morgan fingerprint density at radius 3 is 0.455 bits per heavy atom. The van der Waals surface area contributed by atoms with Crippen LogP contribution in [0.25, 0.3) is 0 Å². The van der Waals surface area contributed by atoms with Crippen LogP contribution >= 0.6 is 0 Å². The minimum Gasteiger partial charge on any atom is -0.565 e. The van der Waals surface area contributed by atoms with E-state index in [2.05, 4.69) is 15.2 Å². The average Bonchev–Trinajstić information content (AvgIpc) is 3.14. The summed E-state index contributed by atoms with van der Waals surface area (Å²) >= 11 is -11.2. The molecule has 4 rings (SSSR count). The molecule has 0 bridgehead atoms. The number of rotatable bonds is 12. The van der Waals surface area contributed by atoms with Crippen molar-refractivity contribution in [3.8, 4) is 0 Å². The van der Waals surface area contributed by atoms with Gasteiger partial charge in [-0.15, -0.1) is 0 Å². The van der Waals surface area contributed by atoms with Crippen LogP contribution in [0.3, 0.4) is 0 Å². The molecular weight excluding hydrogens is 986 g/mol. The molecule has 4 aromatic rings. The van der Waals surface area contributed by atoms with Crippen molar-refractivity contribution in [2.24, 2.45) is 0 Å². The number of halogens is 24. The van der Waals surface area contributed by atoms with E-state index in [-0.39, 0.29) is 67.4 Å². The molecule has 30 heteroatoms. The van der Waals surface area contributed by atoms with Gasteiger partial charge in [0.05, 0.1) is 0 Å². The number of alkyl halides is 24. The zero-order chi connectivity index (χ0) is 49.8. The van der Waals surface area contributed by atoms with Gasteiger partial charge in [0, 0.05) is 0 Å². The minimum atomic E-state index is -11.2. The maximum Gasteiger partial charge on any atom is 1.00 e. The van der Waals surface area contributed by atoms with Crippen LogP contribution in [0.15, 0.2) is 121 Å². The number of hydrogen-bond donors (Lipinski definition) is 0. The molecule has 0 atom stereocenters. The van der Waals surface area contributed by atoms with Crippen LogP contribution in [0, 0.1) is 0 Å². The van der Waals surface area contributed by atoms with Crippen LogP contribution in [0.5, 0.6) is 0 Å². The van der Waals surface area contributed by atoms with E-state index in [1.165, 1.54) is 0 Å². The SMILES string of the molecule is FC(F)(F)C([O][Al-]([O]C(c1ccccc1)(C(F)(F)F)C(F)(F)F)([O]C(c1ccccc1)(C(F)(F)F)C(F)(F)F)[O]C(c1ccccc1)(C(F)(F)F)C(F)(F)F)(c1ccccc1)C(F)(F)F.[Li+]. The molecule has 0 N–H and O–H groups in total. The van der Waals surface area contributed by atoms with Crippen molar-refractivity contribution in [3.05, 3.63) is 144 Å². The molecule has 0 aromatic heterocycles. The number of hydrogen-bond acceptors (Lipinski definition) is 4. The van der Waals surface area contributed by atoms with Crippen molar-refractivity contribution in [1.29, 1.82) is 0 Å². The summed E-state index contributed by atoms with van der Waals surface area (Å²) in [6, 6.07) is -2.05. The average molecular weight is 1010 g/mol. The van der Waals surface area contributed by atoms with E-state index in [0.29, 0.717) is 24.3 Å². The minimum absolute atomic E-state index is 0. The summed E-state index contributed by atoms with van der Waals surface area (Å²) in [5.41, 5.74) is -40.6. The van der Waals surface area contributed by atoms with Gasteiger partial charge in [0.25, 0.3) is 0 Å². The largest absolute Gasteiger partial charge is 1.00 e. The summed E-state index contributed by atoms with van der Waals surface area (Å²) < 4.78 is 385. The molecule has 4 nitrogen and oxygen atoms in total. The predicted octanol–water partition coefficient (Wildman–Crippen LogP) is 10.6. The van der Waals surface area contributed by atoms with E-state index >= 15 is 105 Å². The second-order valence-electron chi connectivity index (χ2n) is 13.2. The molecular formula is C36H20AlF24LiO4. The first-order chi connectivity index (χ1) is 29.2. The standard InChI is InChI=1S/4C9H5F6O.Al.Li/c4*10-8(11,12)7(16,9(13,14)15)6-4-2-1-3-5-6;;/h4*1-5H;;/q4*-1;+3;+1. The summed E-state index contributed by atoms with van der Waals surface area (Å²) in [6.07, 6.45) is -62.8. The molecule has 0 spiro atoms. The Morgan fingerprint density at radius 2 is 0.348 bits per heavy atom. The van der Waals surface area contributed by atoms with Crippen molar-refractivity contribution in [3.63, 3.8) is 0 Å². The molecule has 0 saturated heterocycles. The topological polar surface area (TPSA) is 36.9 Å². The van der Waals surface area contributed by atoms with E-state index in [1.54, 1.807) is 0 Å². The first kappa shape index (κ1) is 56.5. The third kappa shape index (κ3) is 9.60. The van der Waals surface area contributed by atoms with Gasteiger partial charge in [-0.05, 0) is 22.3 Å². The monoisotopic (exact) mass is 1010 g/mol. The van der Waals surface area contributed by atoms with Gasteiger partial charge in [-0.1, -0.05) is 121 Å². The summed E-state index contributed by atoms with van der Waals surface area (Å²) in [5.74, 6) is 0. The Balaban J connectivity index is 0.0000116. The van der Waals surface area contributed by atoms with Crippen LogP contribution in [0.1, 0.15) is 22.3 Å². The van der Waals surface area contributed by atoms with Crippen LogP contribution in [0.4, 0.5) is 105 Å². The zero-order valence-corrected chi connectivity index (χ0v) is 33.0. The van der Waals surface area contributed by atoms with Crippen LogP contribution in [0.2, 0.25) is 0 Å². The van der Waals surface area contributed by atoms with Crippen molar-refractivity contribution in [2.45, 2.75) is 71.8 Å². The Hall–Kier alpha value is -3.83. The summed E-state index contributed by atoms with van der Waals surface area (Å²) in [6.45, 7) is 0. The van der Waals surface area contributed by atoms with Crippen LogP contribution in [-0.4, -0.2) is 63.8 Å². The fourth-order valence-electron chi connectivity index (χ4n) is 6.46. The van der Waals surface area contributed by atoms with Crippen molar-refractivity contribution < 1.29 is 139 Å². The fourth-order valence-corrected chi connectivity index (χ4v) is 10.1. The van der Waals surface area contributed by atoms with Gasteiger partial charge in [0.1, 0.15) is 0 Å². The van der Waals surface area contributed by atoms with Gasteiger partial charge >= 0.3 is 82.7 Å². The molecule has 0 aliphatic heterocycles. The molecule has 0 aliphatic rings. The number of benzene rings is 4. The van der Waals surface area contributed by atoms with E-state index in [4.69, 9.17) is 0 Å². The third-order valence-corrected chi connectivity index (χ3v) is 11.8. The van der Waals surface area contributed by atoms with E-state index < -0.39 is 157 Å². The Morgan fingerprint density at radius 1 is 0.227 bits per heavy atom. The maximum absolute atomic E-state index is 15.4. The second kappa shape index (κ2) is 18.2. The molecule has 0 radical (unpaired) electrons. The van der Waals surface area contributed by atoms with Gasteiger partial charge in [0.15, 0.2) is 0 Å². The maximum atomic E-state index is 15.4.